The third-order valence-corrected chi connectivity index (χ3v) is 4.99. The molecule has 0 aromatic heterocycles. The molecule has 0 N–H and O–H groups in total. The second-order valence-corrected chi connectivity index (χ2v) is 6.77. The lowest BCUT2D eigenvalue weighted by molar-refractivity contribution is -0.117. The Kier molecular flexibility index (Phi) is 6.06. The maximum Gasteiger partial charge on any atom is 0.129 e. The van der Waals surface area contributed by atoms with Gasteiger partial charge in [-0.2, -0.15) is 0 Å². The van der Waals surface area contributed by atoms with E-state index in [0.29, 0.717) is 5.78 Å². The first-order valence-corrected chi connectivity index (χ1v) is 8.56. The zero-order valence-electron chi connectivity index (χ0n) is 13.3. The van der Waals surface area contributed by atoms with Crippen LogP contribution in [0, 0.1) is 11.8 Å². The van der Waals surface area contributed by atoms with Crippen molar-refractivity contribution in [3.63, 3.8) is 0 Å². The highest BCUT2D eigenvalue weighted by Gasteiger charge is 2.23. The molecule has 1 nitrogen and oxygen atoms in total. The first-order valence-electron chi connectivity index (χ1n) is 8.56. The van der Waals surface area contributed by atoms with E-state index in [1.54, 1.807) is 6.92 Å². The number of Topliss-reactive ketones (excluding diaryl/α,β-unsaturated/α-hetero) is 1. The molecule has 0 spiro atoms. The number of carbonyl (C=O) groups excluding carboxylic acids is 1. The molecule has 1 saturated carbocycles. The summed E-state index contributed by atoms with van der Waals surface area (Å²) in [4.78, 5) is 11.1. The molecule has 2 aliphatic carbocycles. The van der Waals surface area contributed by atoms with Gasteiger partial charge in [0.1, 0.15) is 5.78 Å². The van der Waals surface area contributed by atoms with Crippen LogP contribution in [0.4, 0.5) is 0 Å². The van der Waals surface area contributed by atoms with E-state index in [-0.39, 0.29) is 0 Å². The molecule has 2 unspecified atom stereocenters. The van der Waals surface area contributed by atoms with E-state index >= 15 is 0 Å². The van der Waals surface area contributed by atoms with E-state index < -0.39 is 0 Å². The highest BCUT2D eigenvalue weighted by Crippen LogP contribution is 2.37. The number of carbonyl (C=O) groups is 1. The summed E-state index contributed by atoms with van der Waals surface area (Å²) in [5, 5.41) is 0. The Bertz CT molecular complexity index is 389. The summed E-state index contributed by atoms with van der Waals surface area (Å²) in [6.07, 6.45) is 17.7. The van der Waals surface area contributed by atoms with Crippen LogP contribution in [0.3, 0.4) is 0 Å². The summed E-state index contributed by atoms with van der Waals surface area (Å²) in [7, 11) is 0. The van der Waals surface area contributed by atoms with Crippen LogP contribution in [0.15, 0.2) is 23.3 Å². The minimum Gasteiger partial charge on any atom is -0.300 e. The summed E-state index contributed by atoms with van der Waals surface area (Å²) in [6, 6.07) is 0. The number of rotatable bonds is 4. The highest BCUT2D eigenvalue weighted by atomic mass is 16.1. The highest BCUT2D eigenvalue weighted by molar-refractivity contribution is 5.75. The molecule has 112 valence electrons. The molecule has 0 radical (unpaired) electrons. The van der Waals surface area contributed by atoms with Crippen LogP contribution in [0.5, 0.6) is 0 Å². The van der Waals surface area contributed by atoms with Gasteiger partial charge in [0.25, 0.3) is 0 Å². The van der Waals surface area contributed by atoms with Gasteiger partial charge in [-0.15, -0.1) is 0 Å². The van der Waals surface area contributed by atoms with Crippen LogP contribution in [-0.2, 0) is 4.79 Å². The van der Waals surface area contributed by atoms with E-state index in [9.17, 15) is 4.79 Å². The quantitative estimate of drug-likeness (QED) is 0.651. The van der Waals surface area contributed by atoms with Gasteiger partial charge in [0, 0.05) is 6.42 Å². The van der Waals surface area contributed by atoms with Crippen LogP contribution in [0.25, 0.3) is 0 Å². The topological polar surface area (TPSA) is 17.1 Å². The standard InChI is InChI=1S/C19H30O/c1-15-13-18-10-6-4-3-5-7-11-19(18)14-17(15)12-8-9-16(2)20/h13-14,18-19H,3-12H2,1-2H3. The Morgan fingerprint density at radius 2 is 1.65 bits per heavy atom. The Labute approximate surface area is 124 Å². The molecule has 20 heavy (non-hydrogen) atoms. The monoisotopic (exact) mass is 274 g/mol. The number of hydrogen-bond donors (Lipinski definition) is 0. The predicted molar refractivity (Wildman–Crippen MR) is 85.7 cm³/mol. The van der Waals surface area contributed by atoms with Crippen molar-refractivity contribution in [3.05, 3.63) is 23.3 Å². The van der Waals surface area contributed by atoms with Gasteiger partial charge in [-0.25, -0.2) is 0 Å². The largest absolute Gasteiger partial charge is 0.300 e. The maximum absolute atomic E-state index is 11.1. The zero-order valence-corrected chi connectivity index (χ0v) is 13.3. The number of allylic oxidation sites excluding steroid dienone is 4. The van der Waals surface area contributed by atoms with Crippen molar-refractivity contribution in [2.45, 2.75) is 78.1 Å². The Hall–Kier alpha value is -0.850. The molecule has 2 rings (SSSR count). The lowest BCUT2D eigenvalue weighted by atomic mass is 9.77. The number of hydrogen-bond acceptors (Lipinski definition) is 1. The fraction of sp³-hybridized carbons (Fsp3) is 0.737. The van der Waals surface area contributed by atoms with E-state index in [0.717, 1.165) is 31.1 Å². The van der Waals surface area contributed by atoms with Crippen molar-refractivity contribution in [1.82, 2.24) is 0 Å². The van der Waals surface area contributed by atoms with Gasteiger partial charge in [0.2, 0.25) is 0 Å². The lowest BCUT2D eigenvalue weighted by Crippen LogP contribution is -2.16. The molecule has 1 heteroatoms. The van der Waals surface area contributed by atoms with Crippen LogP contribution >= 0.6 is 0 Å². The SMILES string of the molecule is CC(=O)CCCC1=CC2CCCCCCCC2C=C1C. The first kappa shape index (κ1) is 15.5. The van der Waals surface area contributed by atoms with Gasteiger partial charge in [-0.3, -0.25) is 0 Å². The summed E-state index contributed by atoms with van der Waals surface area (Å²) in [6.45, 7) is 3.97. The molecular formula is C19H30O. The maximum atomic E-state index is 11.1. The summed E-state index contributed by atoms with van der Waals surface area (Å²) in [5.74, 6) is 1.87. The van der Waals surface area contributed by atoms with Crippen molar-refractivity contribution >= 4 is 5.78 Å². The van der Waals surface area contributed by atoms with Crippen LogP contribution < -0.4 is 0 Å². The molecule has 0 saturated heterocycles. The molecule has 0 heterocycles. The van der Waals surface area contributed by atoms with Crippen molar-refractivity contribution < 1.29 is 4.79 Å². The Morgan fingerprint density at radius 3 is 2.30 bits per heavy atom. The van der Waals surface area contributed by atoms with Crippen molar-refractivity contribution in [1.29, 1.82) is 0 Å². The fourth-order valence-electron chi connectivity index (χ4n) is 3.76. The van der Waals surface area contributed by atoms with Crippen molar-refractivity contribution in [3.8, 4) is 0 Å². The number of ketones is 1. The summed E-state index contributed by atoms with van der Waals surface area (Å²) in [5.41, 5.74) is 3.00. The summed E-state index contributed by atoms with van der Waals surface area (Å²) >= 11 is 0. The third-order valence-electron chi connectivity index (χ3n) is 4.99. The second kappa shape index (κ2) is 7.81. The van der Waals surface area contributed by atoms with Crippen LogP contribution in [0.2, 0.25) is 0 Å². The molecule has 0 aromatic rings. The molecule has 1 fully saturated rings. The van der Waals surface area contributed by atoms with Gasteiger partial charge in [0.05, 0.1) is 0 Å². The molecule has 0 amide bonds. The van der Waals surface area contributed by atoms with Gasteiger partial charge in [0.15, 0.2) is 0 Å². The molecule has 2 atom stereocenters. The minimum atomic E-state index is 0.323. The van der Waals surface area contributed by atoms with Gasteiger partial charge < -0.3 is 4.79 Å². The molecular weight excluding hydrogens is 244 g/mol. The molecule has 2 aliphatic rings. The number of fused-ring (bicyclic) bond motifs is 1. The van der Waals surface area contributed by atoms with Crippen LogP contribution in [-0.4, -0.2) is 5.78 Å². The van der Waals surface area contributed by atoms with E-state index in [1.165, 1.54) is 56.1 Å². The normalized spacial score (nSPS) is 27.5. The zero-order chi connectivity index (χ0) is 14.4. The van der Waals surface area contributed by atoms with E-state index in [2.05, 4.69) is 19.1 Å². The lowest BCUT2D eigenvalue weighted by Gasteiger charge is -2.28. The third kappa shape index (κ3) is 4.61. The van der Waals surface area contributed by atoms with Gasteiger partial charge >= 0.3 is 0 Å². The first-order chi connectivity index (χ1) is 9.66. The molecule has 0 bridgehead atoms. The average molecular weight is 274 g/mol. The fourth-order valence-corrected chi connectivity index (χ4v) is 3.76. The summed E-state index contributed by atoms with van der Waals surface area (Å²) < 4.78 is 0. The van der Waals surface area contributed by atoms with E-state index in [1.807, 2.05) is 0 Å². The van der Waals surface area contributed by atoms with Gasteiger partial charge in [-0.1, -0.05) is 49.8 Å². The Morgan fingerprint density at radius 1 is 1.05 bits per heavy atom. The smallest absolute Gasteiger partial charge is 0.129 e. The molecule has 0 aliphatic heterocycles. The second-order valence-electron chi connectivity index (χ2n) is 6.77. The minimum absolute atomic E-state index is 0.323. The van der Waals surface area contributed by atoms with Crippen LogP contribution in [0.1, 0.15) is 78.1 Å². The predicted octanol–water partition coefficient (Wildman–Crippen LogP) is 5.61. The van der Waals surface area contributed by atoms with Crippen molar-refractivity contribution in [2.75, 3.05) is 0 Å². The van der Waals surface area contributed by atoms with Crippen molar-refractivity contribution in [2.24, 2.45) is 11.8 Å². The van der Waals surface area contributed by atoms with Gasteiger partial charge in [-0.05, 0) is 56.9 Å². The average Bonchev–Trinajstić information content (AvgIpc) is 2.50. The Balaban J connectivity index is 1.98. The molecule has 0 aromatic carbocycles. The van der Waals surface area contributed by atoms with E-state index in [4.69, 9.17) is 0 Å².